The lowest BCUT2D eigenvalue weighted by Crippen LogP contribution is -2.29. The summed E-state index contributed by atoms with van der Waals surface area (Å²) in [5.74, 6) is -0.278. The largest absolute Gasteiger partial charge is 0.466 e. The minimum Gasteiger partial charge on any atom is -0.466 e. The first-order valence-electron chi connectivity index (χ1n) is 6.51. The number of nitrogens with zero attached hydrogens (tertiary/aromatic N) is 1. The third-order valence-electron chi connectivity index (χ3n) is 2.94. The number of benzene rings is 1. The Hall–Kier alpha value is -2.30. The first-order chi connectivity index (χ1) is 9.61. The van der Waals surface area contributed by atoms with Gasteiger partial charge in [-0.05, 0) is 19.1 Å². The van der Waals surface area contributed by atoms with Gasteiger partial charge in [-0.25, -0.2) is 0 Å². The average Bonchev–Trinajstić information content (AvgIpc) is 2.88. The molecule has 0 spiro atoms. The van der Waals surface area contributed by atoms with Crippen LogP contribution < -0.4 is 0 Å². The van der Waals surface area contributed by atoms with E-state index >= 15 is 0 Å². The Balaban J connectivity index is 2.01. The van der Waals surface area contributed by atoms with Crippen molar-refractivity contribution in [3.63, 3.8) is 0 Å². The summed E-state index contributed by atoms with van der Waals surface area (Å²) in [6, 6.07) is 9.14. The van der Waals surface area contributed by atoms with Crippen LogP contribution >= 0.6 is 0 Å². The van der Waals surface area contributed by atoms with Crippen molar-refractivity contribution in [1.82, 2.24) is 4.90 Å². The van der Waals surface area contributed by atoms with Gasteiger partial charge in [0.1, 0.15) is 5.58 Å². The molecule has 5 nitrogen and oxygen atoms in total. The van der Waals surface area contributed by atoms with E-state index in [2.05, 4.69) is 0 Å². The van der Waals surface area contributed by atoms with Crippen LogP contribution in [-0.2, 0) is 9.53 Å². The van der Waals surface area contributed by atoms with Crippen molar-refractivity contribution in [2.45, 2.75) is 13.3 Å². The number of hydrogen-bond donors (Lipinski definition) is 0. The number of fused-ring (bicyclic) bond motifs is 1. The van der Waals surface area contributed by atoms with Gasteiger partial charge in [0.25, 0.3) is 5.91 Å². The number of amides is 1. The second kappa shape index (κ2) is 6.23. The Kier molecular flexibility index (Phi) is 4.40. The molecule has 0 saturated heterocycles. The maximum atomic E-state index is 12.2. The summed E-state index contributed by atoms with van der Waals surface area (Å²) in [7, 11) is 1.63. The first kappa shape index (κ1) is 14.1. The van der Waals surface area contributed by atoms with Crippen LogP contribution in [0.5, 0.6) is 0 Å². The van der Waals surface area contributed by atoms with Crippen molar-refractivity contribution in [2.24, 2.45) is 0 Å². The number of furan rings is 1. The van der Waals surface area contributed by atoms with Gasteiger partial charge < -0.3 is 14.1 Å². The number of para-hydroxylation sites is 1. The first-order valence-corrected chi connectivity index (χ1v) is 6.51. The fraction of sp³-hybridized carbons (Fsp3) is 0.333. The van der Waals surface area contributed by atoms with E-state index in [1.165, 1.54) is 4.90 Å². The summed E-state index contributed by atoms with van der Waals surface area (Å²) >= 11 is 0. The Bertz CT molecular complexity index is 584. The lowest BCUT2D eigenvalue weighted by molar-refractivity contribution is -0.143. The van der Waals surface area contributed by atoms with Crippen LogP contribution in [0.4, 0.5) is 0 Å². The van der Waals surface area contributed by atoms with E-state index in [0.29, 0.717) is 18.7 Å². The normalized spacial score (nSPS) is 10.5. The highest BCUT2D eigenvalue weighted by molar-refractivity contribution is 5.96. The molecule has 0 aliphatic rings. The SMILES string of the molecule is CCOC(=O)CCN(C)C(=O)c1cc2ccccc2o1. The molecule has 0 N–H and O–H groups in total. The summed E-state index contributed by atoms with van der Waals surface area (Å²) < 4.78 is 10.3. The molecule has 0 radical (unpaired) electrons. The lowest BCUT2D eigenvalue weighted by Gasteiger charge is -2.14. The molecular formula is C15H17NO4. The highest BCUT2D eigenvalue weighted by Crippen LogP contribution is 2.19. The van der Waals surface area contributed by atoms with Gasteiger partial charge in [-0.2, -0.15) is 0 Å². The van der Waals surface area contributed by atoms with E-state index in [4.69, 9.17) is 9.15 Å². The van der Waals surface area contributed by atoms with Crippen LogP contribution in [0.2, 0.25) is 0 Å². The van der Waals surface area contributed by atoms with Gasteiger partial charge in [0.2, 0.25) is 0 Å². The Morgan fingerprint density at radius 1 is 1.30 bits per heavy atom. The van der Waals surface area contributed by atoms with E-state index in [1.54, 1.807) is 20.0 Å². The van der Waals surface area contributed by atoms with Crippen molar-refractivity contribution in [1.29, 1.82) is 0 Å². The Morgan fingerprint density at radius 3 is 2.75 bits per heavy atom. The van der Waals surface area contributed by atoms with Gasteiger partial charge >= 0.3 is 5.97 Å². The van der Waals surface area contributed by atoms with Crippen LogP contribution in [0.15, 0.2) is 34.7 Å². The summed E-state index contributed by atoms with van der Waals surface area (Å²) in [5, 5.41) is 0.884. The van der Waals surface area contributed by atoms with Crippen LogP contribution in [0.3, 0.4) is 0 Å². The molecule has 20 heavy (non-hydrogen) atoms. The minimum atomic E-state index is -0.309. The van der Waals surface area contributed by atoms with E-state index in [1.807, 2.05) is 24.3 Å². The van der Waals surface area contributed by atoms with Crippen LogP contribution in [-0.4, -0.2) is 37.0 Å². The van der Waals surface area contributed by atoms with Crippen LogP contribution in [0, 0.1) is 0 Å². The number of hydrogen-bond acceptors (Lipinski definition) is 4. The molecule has 1 amide bonds. The molecule has 0 aliphatic heterocycles. The van der Waals surface area contributed by atoms with E-state index in [-0.39, 0.29) is 24.1 Å². The van der Waals surface area contributed by atoms with Gasteiger partial charge in [0.05, 0.1) is 13.0 Å². The molecule has 1 heterocycles. The quantitative estimate of drug-likeness (QED) is 0.786. The third kappa shape index (κ3) is 3.17. The highest BCUT2D eigenvalue weighted by atomic mass is 16.5. The average molecular weight is 275 g/mol. The third-order valence-corrected chi connectivity index (χ3v) is 2.94. The molecular weight excluding hydrogens is 258 g/mol. The van der Waals surface area contributed by atoms with Gasteiger partial charge in [0, 0.05) is 19.0 Å². The van der Waals surface area contributed by atoms with Gasteiger partial charge in [-0.1, -0.05) is 18.2 Å². The monoisotopic (exact) mass is 275 g/mol. The molecule has 0 saturated carbocycles. The minimum absolute atomic E-state index is 0.177. The predicted molar refractivity (Wildman–Crippen MR) is 74.4 cm³/mol. The Morgan fingerprint density at radius 2 is 2.05 bits per heavy atom. The molecule has 5 heteroatoms. The van der Waals surface area contributed by atoms with Gasteiger partial charge in [-0.3, -0.25) is 9.59 Å². The molecule has 1 aromatic carbocycles. The van der Waals surface area contributed by atoms with Crippen LogP contribution in [0.1, 0.15) is 23.9 Å². The number of carbonyl (C=O) groups is 2. The topological polar surface area (TPSA) is 59.8 Å². The van der Waals surface area contributed by atoms with Crippen molar-refractivity contribution < 1.29 is 18.7 Å². The molecule has 0 unspecified atom stereocenters. The van der Waals surface area contributed by atoms with E-state index in [9.17, 15) is 9.59 Å². The second-order valence-electron chi connectivity index (χ2n) is 4.43. The zero-order valence-electron chi connectivity index (χ0n) is 11.6. The van der Waals surface area contributed by atoms with Crippen molar-refractivity contribution in [3.8, 4) is 0 Å². The molecule has 0 aliphatic carbocycles. The summed E-state index contributed by atoms with van der Waals surface area (Å²) in [4.78, 5) is 24.9. The maximum Gasteiger partial charge on any atom is 0.307 e. The zero-order chi connectivity index (χ0) is 14.5. The van der Waals surface area contributed by atoms with Crippen molar-refractivity contribution in [3.05, 3.63) is 36.1 Å². The second-order valence-corrected chi connectivity index (χ2v) is 4.43. The fourth-order valence-corrected chi connectivity index (χ4v) is 1.87. The van der Waals surface area contributed by atoms with Crippen LogP contribution in [0.25, 0.3) is 11.0 Å². The standard InChI is InChI=1S/C15H17NO4/c1-3-19-14(17)8-9-16(2)15(18)13-10-11-6-4-5-7-12(11)20-13/h4-7,10H,3,8-9H2,1-2H3. The van der Waals surface area contributed by atoms with E-state index < -0.39 is 0 Å². The lowest BCUT2D eigenvalue weighted by atomic mass is 10.2. The molecule has 1 aromatic heterocycles. The molecule has 0 atom stereocenters. The number of ether oxygens (including phenoxy) is 1. The van der Waals surface area contributed by atoms with E-state index in [0.717, 1.165) is 5.39 Å². The highest BCUT2D eigenvalue weighted by Gasteiger charge is 2.17. The maximum absolute atomic E-state index is 12.2. The summed E-state index contributed by atoms with van der Waals surface area (Å²) in [6.45, 7) is 2.40. The van der Waals surface area contributed by atoms with Crippen molar-refractivity contribution >= 4 is 22.8 Å². The van der Waals surface area contributed by atoms with Gasteiger partial charge in [-0.15, -0.1) is 0 Å². The smallest absolute Gasteiger partial charge is 0.307 e. The Labute approximate surface area is 117 Å². The molecule has 2 rings (SSSR count). The van der Waals surface area contributed by atoms with Gasteiger partial charge in [0.15, 0.2) is 5.76 Å². The summed E-state index contributed by atoms with van der Waals surface area (Å²) in [5.41, 5.74) is 0.676. The number of rotatable bonds is 5. The molecule has 2 aromatic rings. The zero-order valence-corrected chi connectivity index (χ0v) is 11.6. The molecule has 0 bridgehead atoms. The fourth-order valence-electron chi connectivity index (χ4n) is 1.87. The molecule has 0 fully saturated rings. The predicted octanol–water partition coefficient (Wildman–Crippen LogP) is 2.46. The number of esters is 1. The number of carbonyl (C=O) groups excluding carboxylic acids is 2. The molecule has 106 valence electrons. The summed E-state index contributed by atoms with van der Waals surface area (Å²) in [6.07, 6.45) is 0.177. The van der Waals surface area contributed by atoms with Crippen molar-refractivity contribution in [2.75, 3.05) is 20.2 Å².